The van der Waals surface area contributed by atoms with Gasteiger partial charge in [-0.1, -0.05) is 38.9 Å². The van der Waals surface area contributed by atoms with Gasteiger partial charge in [0.1, 0.15) is 5.75 Å². The number of hydrogen-bond donors (Lipinski definition) is 2. The molecule has 2 aromatic carbocycles. The zero-order chi connectivity index (χ0) is 23.4. The molecule has 2 heterocycles. The Hall–Kier alpha value is -1.74. The molecule has 176 valence electrons. The number of amides is 1. The molecule has 0 radical (unpaired) electrons. The van der Waals surface area contributed by atoms with Gasteiger partial charge in [-0.2, -0.15) is 0 Å². The Kier molecular flexibility index (Phi) is 6.04. The molecule has 1 aromatic heterocycles. The second kappa shape index (κ2) is 9.04. The van der Waals surface area contributed by atoms with Crippen molar-refractivity contribution < 1.29 is 9.53 Å². The lowest BCUT2D eigenvalue weighted by atomic mass is 9.74. The monoisotopic (exact) mass is 576 g/mol. The zero-order valence-corrected chi connectivity index (χ0v) is 22.0. The molecule has 2 saturated carbocycles. The van der Waals surface area contributed by atoms with Crippen molar-refractivity contribution in [3.63, 3.8) is 0 Å². The fourth-order valence-electron chi connectivity index (χ4n) is 5.96. The number of carbonyl (C=O) groups is 1. The molecule has 0 spiro atoms. The van der Waals surface area contributed by atoms with Crippen LogP contribution in [0.4, 0.5) is 5.69 Å². The average molecular weight is 578 g/mol. The standard InChI is InChI=1S/C25H22BrClN2O3S2/c26-14-3-8-18(32-11-19(30)28-16-6-4-15(27)5-7-16)17(10-14)21-20-12-1-2-13(9-12)22(20)33-24-23(21)34-25(31)29-24/h3-8,10,12-13,20-22H,1-2,9,11H2,(H,28,30)(H,29,31)/t12?,13?,20?,21-,22?/m1/s1. The first-order chi connectivity index (χ1) is 16.5. The third kappa shape index (κ3) is 4.12. The van der Waals surface area contributed by atoms with Gasteiger partial charge >= 0.3 is 4.87 Å². The molecular formula is C25H22BrClN2O3S2. The van der Waals surface area contributed by atoms with Crippen LogP contribution in [0.25, 0.3) is 0 Å². The third-order valence-corrected chi connectivity index (χ3v) is 10.6. The van der Waals surface area contributed by atoms with Crippen LogP contribution < -0.4 is 14.9 Å². The molecule has 5 nitrogen and oxygen atoms in total. The molecule has 0 saturated heterocycles. The van der Waals surface area contributed by atoms with Gasteiger partial charge < -0.3 is 15.0 Å². The number of thioether (sulfide) groups is 1. The molecule has 3 aromatic rings. The first-order valence-electron chi connectivity index (χ1n) is 11.3. The molecule has 6 rings (SSSR count). The summed E-state index contributed by atoms with van der Waals surface area (Å²) in [7, 11) is 0. The molecule has 4 unspecified atom stereocenters. The maximum atomic E-state index is 12.6. The Labute approximate surface area is 218 Å². The molecule has 2 fully saturated rings. The quantitative estimate of drug-likeness (QED) is 0.362. The van der Waals surface area contributed by atoms with Crippen LogP contribution in [0.15, 0.2) is 56.8 Å². The molecule has 2 N–H and O–H groups in total. The van der Waals surface area contributed by atoms with Gasteiger partial charge in [-0.3, -0.25) is 9.59 Å². The number of carbonyl (C=O) groups excluding carboxylic acids is 1. The lowest BCUT2D eigenvalue weighted by Gasteiger charge is -2.40. The summed E-state index contributed by atoms with van der Waals surface area (Å²) in [5.74, 6) is 2.40. The number of nitrogens with one attached hydrogen (secondary N) is 2. The van der Waals surface area contributed by atoms with Gasteiger partial charge in [-0.05, 0) is 79.5 Å². The molecule has 1 amide bonds. The highest BCUT2D eigenvalue weighted by Crippen LogP contribution is 2.64. The van der Waals surface area contributed by atoms with Crippen LogP contribution in [-0.4, -0.2) is 22.7 Å². The Morgan fingerprint density at radius 2 is 1.97 bits per heavy atom. The highest BCUT2D eigenvalue weighted by molar-refractivity contribution is 9.10. The maximum Gasteiger partial charge on any atom is 0.305 e. The van der Waals surface area contributed by atoms with Crippen LogP contribution in [0.3, 0.4) is 0 Å². The predicted octanol–water partition coefficient (Wildman–Crippen LogP) is 6.52. The summed E-state index contributed by atoms with van der Waals surface area (Å²) in [4.78, 5) is 29.1. The maximum absolute atomic E-state index is 12.6. The molecule has 3 aliphatic rings. The van der Waals surface area contributed by atoms with Crippen molar-refractivity contribution in [2.75, 3.05) is 11.9 Å². The lowest BCUT2D eigenvalue weighted by Crippen LogP contribution is -2.34. The minimum absolute atomic E-state index is 0.00497. The minimum atomic E-state index is -0.236. The van der Waals surface area contributed by atoms with Crippen LogP contribution in [0.2, 0.25) is 5.02 Å². The van der Waals surface area contributed by atoms with E-state index in [9.17, 15) is 9.59 Å². The zero-order valence-electron chi connectivity index (χ0n) is 18.1. The normalized spacial score (nSPS) is 26.7. The van der Waals surface area contributed by atoms with Crippen molar-refractivity contribution >= 4 is 62.2 Å². The van der Waals surface area contributed by atoms with E-state index < -0.39 is 0 Å². The Morgan fingerprint density at radius 3 is 2.79 bits per heavy atom. The number of hydrogen-bond acceptors (Lipinski definition) is 5. The van der Waals surface area contributed by atoms with Crippen molar-refractivity contribution in [1.82, 2.24) is 4.98 Å². The van der Waals surface area contributed by atoms with Crippen molar-refractivity contribution in [2.45, 2.75) is 35.5 Å². The first kappa shape index (κ1) is 22.7. The average Bonchev–Trinajstić information content (AvgIpc) is 3.52. The van der Waals surface area contributed by atoms with Gasteiger partial charge in [-0.15, -0.1) is 11.8 Å². The van der Waals surface area contributed by atoms with Gasteiger partial charge in [0.05, 0.1) is 5.03 Å². The highest BCUT2D eigenvalue weighted by Gasteiger charge is 2.55. The topological polar surface area (TPSA) is 71.2 Å². The Balaban J connectivity index is 1.30. The van der Waals surface area contributed by atoms with Crippen molar-refractivity contribution in [3.05, 3.63) is 72.1 Å². The Bertz CT molecular complexity index is 1310. The number of benzene rings is 2. The minimum Gasteiger partial charge on any atom is -0.483 e. The molecule has 5 atom stereocenters. The van der Waals surface area contributed by atoms with Gasteiger partial charge in [0.15, 0.2) is 6.61 Å². The molecule has 34 heavy (non-hydrogen) atoms. The number of halogens is 2. The van der Waals surface area contributed by atoms with E-state index in [-0.39, 0.29) is 23.3 Å². The predicted molar refractivity (Wildman–Crippen MR) is 140 cm³/mol. The van der Waals surface area contributed by atoms with E-state index in [0.29, 0.717) is 39.5 Å². The summed E-state index contributed by atoms with van der Waals surface area (Å²) >= 11 is 12.8. The van der Waals surface area contributed by atoms with Crippen molar-refractivity contribution in [2.24, 2.45) is 17.8 Å². The van der Waals surface area contributed by atoms with Crippen LogP contribution in [0, 0.1) is 17.8 Å². The number of anilines is 1. The van der Waals surface area contributed by atoms with Gasteiger partial charge in [-0.25, -0.2) is 0 Å². The van der Waals surface area contributed by atoms with E-state index in [2.05, 4.69) is 32.3 Å². The fourth-order valence-corrected chi connectivity index (χ4v) is 9.35. The molecule has 2 aliphatic carbocycles. The number of ether oxygens (including phenoxy) is 1. The van der Waals surface area contributed by atoms with Crippen LogP contribution in [-0.2, 0) is 4.79 Å². The number of H-pyrrole nitrogens is 1. The number of thiazole rings is 1. The summed E-state index contributed by atoms with van der Waals surface area (Å²) in [5, 5.41) is 4.99. The van der Waals surface area contributed by atoms with E-state index in [4.69, 9.17) is 16.3 Å². The summed E-state index contributed by atoms with van der Waals surface area (Å²) in [6, 6.07) is 12.9. The van der Waals surface area contributed by atoms with Crippen LogP contribution >= 0.6 is 50.6 Å². The van der Waals surface area contributed by atoms with Crippen LogP contribution in [0.1, 0.15) is 35.6 Å². The van der Waals surface area contributed by atoms with E-state index in [1.165, 1.54) is 30.6 Å². The molecule has 1 aliphatic heterocycles. The summed E-state index contributed by atoms with van der Waals surface area (Å²) in [6.07, 6.45) is 3.80. The van der Waals surface area contributed by atoms with E-state index in [1.807, 2.05) is 23.9 Å². The van der Waals surface area contributed by atoms with Crippen molar-refractivity contribution in [1.29, 1.82) is 0 Å². The molecule has 2 bridgehead atoms. The first-order valence-corrected chi connectivity index (χ1v) is 14.2. The van der Waals surface area contributed by atoms with Crippen LogP contribution in [0.5, 0.6) is 5.75 Å². The number of rotatable bonds is 5. The largest absolute Gasteiger partial charge is 0.483 e. The molecule has 9 heteroatoms. The van der Waals surface area contributed by atoms with Gasteiger partial charge in [0.2, 0.25) is 0 Å². The van der Waals surface area contributed by atoms with E-state index in [1.54, 1.807) is 24.3 Å². The SMILES string of the molecule is O=C(COc1ccc(Br)cc1[C@H]1c2sc(=O)[nH]c2SC2C3CCC(C3)C21)Nc1ccc(Cl)cc1. The summed E-state index contributed by atoms with van der Waals surface area (Å²) in [5.41, 5.74) is 1.72. The number of aromatic nitrogens is 1. The Morgan fingerprint density at radius 1 is 1.18 bits per heavy atom. The molecular weight excluding hydrogens is 556 g/mol. The summed E-state index contributed by atoms with van der Waals surface area (Å²) in [6.45, 7) is -0.102. The lowest BCUT2D eigenvalue weighted by molar-refractivity contribution is -0.118. The number of fused-ring (bicyclic) bond motifs is 6. The third-order valence-electron chi connectivity index (χ3n) is 7.26. The van der Waals surface area contributed by atoms with E-state index in [0.717, 1.165) is 19.9 Å². The number of aromatic amines is 1. The van der Waals surface area contributed by atoms with Gasteiger partial charge in [0.25, 0.3) is 5.91 Å². The second-order valence-electron chi connectivity index (χ2n) is 9.20. The second-order valence-corrected chi connectivity index (χ2v) is 12.8. The summed E-state index contributed by atoms with van der Waals surface area (Å²) < 4.78 is 7.07. The fraction of sp³-hybridized carbons (Fsp3) is 0.360. The van der Waals surface area contributed by atoms with Crippen molar-refractivity contribution in [3.8, 4) is 5.75 Å². The highest BCUT2D eigenvalue weighted by atomic mass is 79.9. The van der Waals surface area contributed by atoms with E-state index >= 15 is 0 Å². The van der Waals surface area contributed by atoms with Gasteiger partial charge in [0, 0.05) is 36.8 Å². The smallest absolute Gasteiger partial charge is 0.305 e.